The lowest BCUT2D eigenvalue weighted by Gasteiger charge is -2.16. The molecule has 0 fully saturated rings. The molecule has 2 rings (SSSR count). The molecule has 2 N–H and O–H groups in total. The third-order valence-corrected chi connectivity index (χ3v) is 4.15. The van der Waals surface area contributed by atoms with Gasteiger partial charge in [0, 0.05) is 14.0 Å². The third kappa shape index (κ3) is 2.94. The van der Waals surface area contributed by atoms with E-state index in [-0.39, 0.29) is 5.82 Å². The van der Waals surface area contributed by atoms with E-state index in [1.807, 2.05) is 18.2 Å². The second-order valence-electron chi connectivity index (χ2n) is 3.81. The van der Waals surface area contributed by atoms with Crippen LogP contribution >= 0.6 is 43.5 Å². The smallest absolute Gasteiger partial charge is 0.123 e. The molecule has 0 aromatic heterocycles. The Bertz CT molecular complexity index is 538. The summed E-state index contributed by atoms with van der Waals surface area (Å²) in [5.41, 5.74) is 7.56. The Morgan fingerprint density at radius 3 is 2.50 bits per heavy atom. The topological polar surface area (TPSA) is 26.0 Å². The first kappa shape index (κ1) is 14.0. The van der Waals surface area contributed by atoms with E-state index in [0.717, 1.165) is 14.5 Å². The van der Waals surface area contributed by atoms with Crippen molar-refractivity contribution >= 4 is 43.5 Å². The average Bonchev–Trinajstić information content (AvgIpc) is 2.34. The molecule has 1 atom stereocenters. The average molecular weight is 393 g/mol. The minimum atomic E-state index is -0.486. The van der Waals surface area contributed by atoms with Crippen LogP contribution in [0.15, 0.2) is 45.3 Å². The summed E-state index contributed by atoms with van der Waals surface area (Å²) >= 11 is 12.9. The molecule has 0 heterocycles. The van der Waals surface area contributed by atoms with E-state index in [0.29, 0.717) is 10.6 Å². The van der Waals surface area contributed by atoms with Crippen LogP contribution in [0.1, 0.15) is 17.2 Å². The lowest BCUT2D eigenvalue weighted by atomic mass is 9.99. The molecule has 0 aliphatic heterocycles. The standard InChI is InChI=1S/C13H9Br2ClFN/c14-7-1-3-11(15)9(5-7)13(18)10-6-8(17)2-4-12(10)16/h1-6,13H,18H2. The first-order valence-electron chi connectivity index (χ1n) is 5.14. The maximum atomic E-state index is 13.3. The van der Waals surface area contributed by atoms with Gasteiger partial charge in [0.05, 0.1) is 6.04 Å². The first-order valence-corrected chi connectivity index (χ1v) is 7.11. The van der Waals surface area contributed by atoms with Crippen molar-refractivity contribution < 1.29 is 4.39 Å². The molecule has 0 aliphatic rings. The zero-order valence-electron chi connectivity index (χ0n) is 9.13. The van der Waals surface area contributed by atoms with E-state index in [1.54, 1.807) is 0 Å². The van der Waals surface area contributed by atoms with Gasteiger partial charge in [-0.3, -0.25) is 0 Å². The van der Waals surface area contributed by atoms with Crippen molar-refractivity contribution in [1.82, 2.24) is 0 Å². The van der Waals surface area contributed by atoms with Gasteiger partial charge in [-0.2, -0.15) is 0 Å². The van der Waals surface area contributed by atoms with Gasteiger partial charge >= 0.3 is 0 Å². The van der Waals surface area contributed by atoms with Crippen molar-refractivity contribution in [3.05, 3.63) is 67.3 Å². The van der Waals surface area contributed by atoms with Crippen molar-refractivity contribution in [3.63, 3.8) is 0 Å². The molecule has 94 valence electrons. The Labute approximate surface area is 126 Å². The van der Waals surface area contributed by atoms with Crippen molar-refractivity contribution in [2.75, 3.05) is 0 Å². The van der Waals surface area contributed by atoms with Crippen LogP contribution in [-0.4, -0.2) is 0 Å². The Balaban J connectivity index is 2.50. The van der Waals surface area contributed by atoms with Gasteiger partial charge in [-0.1, -0.05) is 43.5 Å². The molecule has 0 aliphatic carbocycles. The van der Waals surface area contributed by atoms with Crippen LogP contribution in [-0.2, 0) is 0 Å². The molecule has 0 saturated carbocycles. The fourth-order valence-electron chi connectivity index (χ4n) is 1.67. The van der Waals surface area contributed by atoms with Gasteiger partial charge in [0.15, 0.2) is 0 Å². The minimum absolute atomic E-state index is 0.351. The highest BCUT2D eigenvalue weighted by atomic mass is 79.9. The van der Waals surface area contributed by atoms with E-state index >= 15 is 0 Å². The van der Waals surface area contributed by atoms with Crippen LogP contribution in [0.25, 0.3) is 0 Å². The Hall–Kier alpha value is -0.420. The third-order valence-electron chi connectivity index (χ3n) is 2.59. The fraction of sp³-hybridized carbons (Fsp3) is 0.0769. The van der Waals surface area contributed by atoms with Gasteiger partial charge in [0.2, 0.25) is 0 Å². The fourth-order valence-corrected chi connectivity index (χ4v) is 2.78. The predicted molar refractivity (Wildman–Crippen MR) is 79.3 cm³/mol. The van der Waals surface area contributed by atoms with Crippen LogP contribution in [0.5, 0.6) is 0 Å². The summed E-state index contributed by atoms with van der Waals surface area (Å²) in [4.78, 5) is 0. The van der Waals surface area contributed by atoms with Crippen LogP contribution in [0, 0.1) is 5.82 Å². The number of rotatable bonds is 2. The summed E-state index contributed by atoms with van der Waals surface area (Å²) in [6.07, 6.45) is 0. The van der Waals surface area contributed by atoms with Crippen molar-refractivity contribution in [2.24, 2.45) is 5.73 Å². The van der Waals surface area contributed by atoms with E-state index in [9.17, 15) is 4.39 Å². The van der Waals surface area contributed by atoms with E-state index < -0.39 is 6.04 Å². The molecule has 0 bridgehead atoms. The molecule has 5 heteroatoms. The maximum Gasteiger partial charge on any atom is 0.123 e. The van der Waals surface area contributed by atoms with E-state index in [1.165, 1.54) is 18.2 Å². The van der Waals surface area contributed by atoms with Gasteiger partial charge in [-0.25, -0.2) is 4.39 Å². The van der Waals surface area contributed by atoms with Crippen LogP contribution in [0.4, 0.5) is 4.39 Å². The Kier molecular flexibility index (Phi) is 4.43. The summed E-state index contributed by atoms with van der Waals surface area (Å²) in [7, 11) is 0. The number of benzene rings is 2. The van der Waals surface area contributed by atoms with Gasteiger partial charge < -0.3 is 5.73 Å². The molecule has 0 amide bonds. The molecule has 0 radical (unpaired) electrons. The van der Waals surface area contributed by atoms with Crippen LogP contribution in [0.3, 0.4) is 0 Å². The van der Waals surface area contributed by atoms with Gasteiger partial charge in [-0.15, -0.1) is 0 Å². The van der Waals surface area contributed by atoms with Gasteiger partial charge in [0.1, 0.15) is 5.82 Å². The highest BCUT2D eigenvalue weighted by Gasteiger charge is 2.16. The largest absolute Gasteiger partial charge is 0.320 e. The SMILES string of the molecule is NC(c1cc(F)ccc1Cl)c1cc(Br)ccc1Br. The van der Waals surface area contributed by atoms with Crippen LogP contribution in [0.2, 0.25) is 5.02 Å². The molecule has 2 aromatic rings. The molecule has 18 heavy (non-hydrogen) atoms. The molecule has 1 nitrogen and oxygen atoms in total. The zero-order chi connectivity index (χ0) is 13.3. The van der Waals surface area contributed by atoms with Gasteiger partial charge in [-0.05, 0) is 47.5 Å². The number of halogens is 4. The Morgan fingerprint density at radius 1 is 1.06 bits per heavy atom. The first-order chi connectivity index (χ1) is 8.49. The van der Waals surface area contributed by atoms with E-state index in [2.05, 4.69) is 31.9 Å². The quantitative estimate of drug-likeness (QED) is 0.759. The summed E-state index contributed by atoms with van der Waals surface area (Å²) in [6.45, 7) is 0. The van der Waals surface area contributed by atoms with Crippen molar-refractivity contribution in [3.8, 4) is 0 Å². The molecule has 0 spiro atoms. The molecule has 0 saturated heterocycles. The predicted octanol–water partition coefficient (Wildman–Crippen LogP) is 5.05. The summed E-state index contributed by atoms with van der Waals surface area (Å²) in [5, 5.41) is 0.454. The number of nitrogens with two attached hydrogens (primary N) is 1. The van der Waals surface area contributed by atoms with Crippen molar-refractivity contribution in [2.45, 2.75) is 6.04 Å². The summed E-state index contributed by atoms with van der Waals surface area (Å²) in [5.74, 6) is -0.351. The maximum absolute atomic E-state index is 13.3. The lowest BCUT2D eigenvalue weighted by Crippen LogP contribution is -2.13. The molecule has 1 unspecified atom stereocenters. The van der Waals surface area contributed by atoms with Crippen molar-refractivity contribution in [1.29, 1.82) is 0 Å². The zero-order valence-corrected chi connectivity index (χ0v) is 13.1. The van der Waals surface area contributed by atoms with E-state index in [4.69, 9.17) is 17.3 Å². The molecule has 2 aromatic carbocycles. The second-order valence-corrected chi connectivity index (χ2v) is 5.99. The molecular formula is C13H9Br2ClFN. The highest BCUT2D eigenvalue weighted by Crippen LogP contribution is 2.32. The summed E-state index contributed by atoms with van der Waals surface area (Å²) < 4.78 is 15.0. The normalized spacial score (nSPS) is 12.5. The monoisotopic (exact) mass is 391 g/mol. The number of hydrogen-bond acceptors (Lipinski definition) is 1. The van der Waals surface area contributed by atoms with Gasteiger partial charge in [0.25, 0.3) is 0 Å². The lowest BCUT2D eigenvalue weighted by molar-refractivity contribution is 0.623. The minimum Gasteiger partial charge on any atom is -0.320 e. The highest BCUT2D eigenvalue weighted by molar-refractivity contribution is 9.11. The molecular weight excluding hydrogens is 384 g/mol. The Morgan fingerprint density at radius 2 is 1.78 bits per heavy atom. The second kappa shape index (κ2) is 5.70. The number of hydrogen-bond donors (Lipinski definition) is 1. The summed E-state index contributed by atoms with van der Waals surface area (Å²) in [6, 6.07) is 9.36. The van der Waals surface area contributed by atoms with Crippen LogP contribution < -0.4 is 5.73 Å².